The van der Waals surface area contributed by atoms with Crippen LogP contribution < -0.4 is 16.0 Å². The molecule has 142 valence electrons. The highest BCUT2D eigenvalue weighted by molar-refractivity contribution is 6.34. The fourth-order valence-corrected chi connectivity index (χ4v) is 4.25. The lowest BCUT2D eigenvalue weighted by molar-refractivity contribution is -0.117. The standard InChI is InChI=1S/C20H28ClN3O2/c1-12(2)11-22-20(26)17-6-5-16(10-18(17)21)24-19(25)9-13-7-14-3-4-15(8-13)23-14/h5-6,10,12-15,23H,3-4,7-9,11H2,1-2H3,(H,22,26)(H,24,25). The van der Waals surface area contributed by atoms with Gasteiger partial charge in [-0.15, -0.1) is 0 Å². The van der Waals surface area contributed by atoms with Gasteiger partial charge in [-0.1, -0.05) is 25.4 Å². The second-order valence-electron chi connectivity index (χ2n) is 8.03. The molecule has 2 aliphatic heterocycles. The summed E-state index contributed by atoms with van der Waals surface area (Å²) < 4.78 is 0. The first kappa shape index (κ1) is 19.2. The minimum Gasteiger partial charge on any atom is -0.352 e. The number of hydrogen-bond donors (Lipinski definition) is 3. The number of fused-ring (bicyclic) bond motifs is 2. The van der Waals surface area contributed by atoms with E-state index in [0.717, 1.165) is 12.8 Å². The van der Waals surface area contributed by atoms with E-state index in [2.05, 4.69) is 16.0 Å². The molecule has 5 nitrogen and oxygen atoms in total. The van der Waals surface area contributed by atoms with Crippen LogP contribution in [0.15, 0.2) is 18.2 Å². The maximum atomic E-state index is 12.4. The van der Waals surface area contributed by atoms with Crippen LogP contribution in [0, 0.1) is 11.8 Å². The predicted molar refractivity (Wildman–Crippen MR) is 105 cm³/mol. The number of benzene rings is 1. The number of rotatable bonds is 6. The van der Waals surface area contributed by atoms with Crippen molar-refractivity contribution < 1.29 is 9.59 Å². The Kier molecular flexibility index (Phi) is 6.20. The van der Waals surface area contributed by atoms with Crippen LogP contribution in [-0.2, 0) is 4.79 Å². The van der Waals surface area contributed by atoms with Crippen LogP contribution >= 0.6 is 11.6 Å². The summed E-state index contributed by atoms with van der Waals surface area (Å²) >= 11 is 6.24. The van der Waals surface area contributed by atoms with Crippen LogP contribution in [-0.4, -0.2) is 30.4 Å². The molecule has 2 bridgehead atoms. The van der Waals surface area contributed by atoms with Crippen molar-refractivity contribution in [1.82, 2.24) is 10.6 Å². The molecule has 0 saturated carbocycles. The zero-order chi connectivity index (χ0) is 18.7. The van der Waals surface area contributed by atoms with Crippen molar-refractivity contribution in [3.8, 4) is 0 Å². The second-order valence-corrected chi connectivity index (χ2v) is 8.43. The summed E-state index contributed by atoms with van der Waals surface area (Å²) in [6.45, 7) is 4.68. The van der Waals surface area contributed by atoms with E-state index in [1.807, 2.05) is 13.8 Å². The molecular weight excluding hydrogens is 350 g/mol. The Morgan fingerprint density at radius 1 is 1.23 bits per heavy atom. The zero-order valence-electron chi connectivity index (χ0n) is 15.5. The highest BCUT2D eigenvalue weighted by Crippen LogP contribution is 2.33. The first-order chi connectivity index (χ1) is 12.4. The zero-order valence-corrected chi connectivity index (χ0v) is 16.2. The molecule has 2 aliphatic rings. The van der Waals surface area contributed by atoms with E-state index in [1.165, 1.54) is 12.8 Å². The van der Waals surface area contributed by atoms with Gasteiger partial charge in [0.2, 0.25) is 5.91 Å². The molecule has 1 aromatic carbocycles. The third-order valence-corrected chi connectivity index (χ3v) is 5.53. The quantitative estimate of drug-likeness (QED) is 0.709. The molecule has 2 amide bonds. The number of nitrogens with one attached hydrogen (secondary N) is 3. The molecule has 2 unspecified atom stereocenters. The fraction of sp³-hybridized carbons (Fsp3) is 0.600. The van der Waals surface area contributed by atoms with E-state index in [1.54, 1.807) is 18.2 Å². The van der Waals surface area contributed by atoms with E-state index in [-0.39, 0.29) is 11.8 Å². The third kappa shape index (κ3) is 4.98. The molecule has 0 radical (unpaired) electrons. The number of hydrogen-bond acceptors (Lipinski definition) is 3. The molecule has 2 fully saturated rings. The highest BCUT2D eigenvalue weighted by atomic mass is 35.5. The number of carbonyl (C=O) groups excluding carboxylic acids is 2. The molecule has 0 aromatic heterocycles. The maximum Gasteiger partial charge on any atom is 0.252 e. The summed E-state index contributed by atoms with van der Waals surface area (Å²) in [5, 5.41) is 9.72. The van der Waals surface area contributed by atoms with Gasteiger partial charge in [-0.2, -0.15) is 0 Å². The van der Waals surface area contributed by atoms with E-state index >= 15 is 0 Å². The summed E-state index contributed by atoms with van der Waals surface area (Å²) in [4.78, 5) is 24.5. The fourth-order valence-electron chi connectivity index (χ4n) is 3.99. The first-order valence-corrected chi connectivity index (χ1v) is 9.92. The minimum atomic E-state index is -0.188. The summed E-state index contributed by atoms with van der Waals surface area (Å²) in [5.74, 6) is 0.656. The normalized spacial score (nSPS) is 24.5. The molecule has 2 saturated heterocycles. The van der Waals surface area contributed by atoms with Crippen molar-refractivity contribution in [2.24, 2.45) is 11.8 Å². The predicted octanol–water partition coefficient (Wildman–Crippen LogP) is 3.59. The Bertz CT molecular complexity index is 665. The SMILES string of the molecule is CC(C)CNC(=O)c1ccc(NC(=O)CC2CC3CCC(C2)N3)cc1Cl. The van der Waals surface area contributed by atoms with Crippen LogP contribution in [0.5, 0.6) is 0 Å². The number of amides is 2. The van der Waals surface area contributed by atoms with Crippen LogP contribution in [0.1, 0.15) is 56.3 Å². The topological polar surface area (TPSA) is 70.2 Å². The molecule has 0 aliphatic carbocycles. The first-order valence-electron chi connectivity index (χ1n) is 9.54. The van der Waals surface area contributed by atoms with Gasteiger partial charge in [-0.3, -0.25) is 9.59 Å². The lowest BCUT2D eigenvalue weighted by atomic mass is 9.89. The van der Waals surface area contributed by atoms with E-state index in [9.17, 15) is 9.59 Å². The van der Waals surface area contributed by atoms with Crippen LogP contribution in [0.25, 0.3) is 0 Å². The Morgan fingerprint density at radius 2 is 1.92 bits per heavy atom. The van der Waals surface area contributed by atoms with Crippen LogP contribution in [0.3, 0.4) is 0 Å². The second kappa shape index (κ2) is 8.40. The highest BCUT2D eigenvalue weighted by Gasteiger charge is 2.34. The Morgan fingerprint density at radius 3 is 2.54 bits per heavy atom. The summed E-state index contributed by atoms with van der Waals surface area (Å²) in [6, 6.07) is 6.23. The minimum absolute atomic E-state index is 0.0179. The van der Waals surface area contributed by atoms with Gasteiger partial charge in [0.05, 0.1) is 10.6 Å². The van der Waals surface area contributed by atoms with Crippen LogP contribution in [0.2, 0.25) is 5.02 Å². The molecule has 0 spiro atoms. The molecule has 6 heteroatoms. The van der Waals surface area contributed by atoms with Gasteiger partial charge in [0.15, 0.2) is 0 Å². The van der Waals surface area contributed by atoms with Gasteiger partial charge < -0.3 is 16.0 Å². The smallest absolute Gasteiger partial charge is 0.252 e. The average Bonchev–Trinajstić information content (AvgIpc) is 2.91. The molecule has 2 atom stereocenters. The Balaban J connectivity index is 1.53. The molecule has 3 N–H and O–H groups in total. The van der Waals surface area contributed by atoms with Gasteiger partial charge in [-0.05, 0) is 55.7 Å². The monoisotopic (exact) mass is 377 g/mol. The van der Waals surface area contributed by atoms with E-state index in [4.69, 9.17) is 11.6 Å². The van der Waals surface area contributed by atoms with E-state index < -0.39 is 0 Å². The number of piperidine rings is 1. The maximum absolute atomic E-state index is 12.4. The molecule has 26 heavy (non-hydrogen) atoms. The van der Waals surface area contributed by atoms with E-state index in [0.29, 0.717) is 53.2 Å². The molecule has 2 heterocycles. The van der Waals surface area contributed by atoms with Crippen molar-refractivity contribution in [2.75, 3.05) is 11.9 Å². The van der Waals surface area contributed by atoms with Gasteiger partial charge in [0.25, 0.3) is 5.91 Å². The summed E-state index contributed by atoms with van der Waals surface area (Å²) in [7, 11) is 0. The van der Waals surface area contributed by atoms with Crippen molar-refractivity contribution in [3.63, 3.8) is 0 Å². The average molecular weight is 378 g/mol. The van der Waals surface area contributed by atoms with Gasteiger partial charge in [0.1, 0.15) is 0 Å². The van der Waals surface area contributed by atoms with Crippen molar-refractivity contribution in [3.05, 3.63) is 28.8 Å². The Labute approximate surface area is 160 Å². The van der Waals surface area contributed by atoms with Gasteiger partial charge in [0, 0.05) is 30.7 Å². The third-order valence-electron chi connectivity index (χ3n) is 5.21. The van der Waals surface area contributed by atoms with Gasteiger partial charge >= 0.3 is 0 Å². The Hall–Kier alpha value is -1.59. The number of halogens is 1. The molecule has 3 rings (SSSR count). The molecule has 1 aromatic rings. The largest absolute Gasteiger partial charge is 0.352 e. The van der Waals surface area contributed by atoms with Crippen molar-refractivity contribution >= 4 is 29.1 Å². The van der Waals surface area contributed by atoms with Crippen molar-refractivity contribution in [1.29, 1.82) is 0 Å². The molecular formula is C20H28ClN3O2. The van der Waals surface area contributed by atoms with Gasteiger partial charge in [-0.25, -0.2) is 0 Å². The summed E-state index contributed by atoms with van der Waals surface area (Å²) in [5.41, 5.74) is 1.07. The lowest BCUT2D eigenvalue weighted by Gasteiger charge is -2.28. The van der Waals surface area contributed by atoms with Crippen molar-refractivity contribution in [2.45, 2.75) is 58.0 Å². The number of anilines is 1. The lowest BCUT2D eigenvalue weighted by Crippen LogP contribution is -2.39. The summed E-state index contributed by atoms with van der Waals surface area (Å²) in [6.07, 6.45) is 5.18. The number of carbonyl (C=O) groups is 2. The van der Waals surface area contributed by atoms with Crippen LogP contribution in [0.4, 0.5) is 5.69 Å².